The number of likely N-dealkylation sites (tertiary alicyclic amines) is 2. The van der Waals surface area contributed by atoms with Crippen LogP contribution < -0.4 is 16.0 Å². The number of aromatic nitrogens is 4. The smallest absolute Gasteiger partial charge is 0.263 e. The van der Waals surface area contributed by atoms with E-state index in [-0.39, 0.29) is 34.3 Å². The zero-order valence-electron chi connectivity index (χ0n) is 20.4. The van der Waals surface area contributed by atoms with E-state index in [0.717, 1.165) is 42.6 Å². The van der Waals surface area contributed by atoms with Crippen molar-refractivity contribution in [3.63, 3.8) is 0 Å². The first kappa shape index (κ1) is 23.9. The van der Waals surface area contributed by atoms with Gasteiger partial charge in [0.2, 0.25) is 0 Å². The number of likely N-dealkylation sites (N-methyl/N-ethyl adjacent to an activating group) is 1. The van der Waals surface area contributed by atoms with Crippen molar-refractivity contribution in [1.29, 1.82) is 0 Å². The highest BCUT2D eigenvalue weighted by Crippen LogP contribution is 2.37. The molecule has 13 heteroatoms. The molecule has 6 rings (SSSR count). The molecule has 3 saturated heterocycles. The molecule has 0 aliphatic carbocycles. The second-order valence-corrected chi connectivity index (χ2v) is 10.2. The molecule has 0 radical (unpaired) electrons. The molecule has 3 aromatic rings. The molecule has 0 spiro atoms. The number of fused-ring (bicyclic) bond motifs is 3. The van der Waals surface area contributed by atoms with Crippen molar-refractivity contribution in [3.8, 4) is 0 Å². The molecule has 3 atom stereocenters. The zero-order chi connectivity index (χ0) is 25.8. The molecule has 0 saturated carbocycles. The van der Waals surface area contributed by atoms with Crippen molar-refractivity contribution >= 4 is 28.7 Å². The first-order valence-electron chi connectivity index (χ1n) is 12.4. The van der Waals surface area contributed by atoms with Gasteiger partial charge in [-0.05, 0) is 26.3 Å². The third kappa shape index (κ3) is 4.16. The number of nitrogens with zero attached hydrogens (tertiary/aromatic N) is 7. The normalized spacial score (nSPS) is 23.7. The fourth-order valence-electron chi connectivity index (χ4n) is 6.09. The Kier molecular flexibility index (Phi) is 5.92. The summed E-state index contributed by atoms with van der Waals surface area (Å²) in [5.41, 5.74) is 6.37. The van der Waals surface area contributed by atoms with Crippen molar-refractivity contribution in [2.45, 2.75) is 37.6 Å². The fourth-order valence-corrected chi connectivity index (χ4v) is 6.09. The number of aliphatic hydroxyl groups excluding tert-OH is 1. The lowest BCUT2D eigenvalue weighted by Gasteiger charge is -2.42. The number of rotatable bonds is 5. The number of carbonyl (C=O) groups excluding carboxylic acids is 1. The topological polar surface area (TPSA) is 128 Å². The zero-order valence-corrected chi connectivity index (χ0v) is 20.4. The predicted molar refractivity (Wildman–Crippen MR) is 132 cm³/mol. The van der Waals surface area contributed by atoms with Gasteiger partial charge in [0.05, 0.1) is 30.5 Å². The Bertz CT molecular complexity index is 1340. The molecular formula is C24H29F2N9O2. The van der Waals surface area contributed by atoms with E-state index in [0.29, 0.717) is 38.0 Å². The third-order valence-electron chi connectivity index (χ3n) is 7.99. The minimum Gasteiger partial charge on any atom is -0.381 e. The van der Waals surface area contributed by atoms with Crippen LogP contribution in [0.5, 0.6) is 0 Å². The number of aliphatic hydroxyl groups is 1. The summed E-state index contributed by atoms with van der Waals surface area (Å²) < 4.78 is 29.6. The van der Waals surface area contributed by atoms with Crippen molar-refractivity contribution in [2.24, 2.45) is 5.92 Å². The van der Waals surface area contributed by atoms with Crippen molar-refractivity contribution < 1.29 is 18.7 Å². The Labute approximate surface area is 211 Å². The number of nitrogens with one attached hydrogen (secondary N) is 1. The summed E-state index contributed by atoms with van der Waals surface area (Å²) in [6, 6.07) is 0.897. The molecule has 196 valence electrons. The average molecular weight is 514 g/mol. The van der Waals surface area contributed by atoms with Crippen LogP contribution in [0.1, 0.15) is 29.6 Å². The first-order valence-corrected chi connectivity index (χ1v) is 12.4. The van der Waals surface area contributed by atoms with Gasteiger partial charge in [-0.1, -0.05) is 0 Å². The van der Waals surface area contributed by atoms with Crippen molar-refractivity contribution in [3.05, 3.63) is 42.0 Å². The fraction of sp³-hybridized carbons (Fsp3) is 0.500. The van der Waals surface area contributed by atoms with Gasteiger partial charge in [0.25, 0.3) is 5.91 Å². The molecule has 2 bridgehead atoms. The van der Waals surface area contributed by atoms with Crippen LogP contribution in [0.4, 0.5) is 26.0 Å². The SMILES string of the molecule is CN1CC2CC1CN2C(O)C1CCN(c2c(F)cncc2NC(=O)c2c(N)nn3cc(F)cnc23)CC1. The van der Waals surface area contributed by atoms with E-state index >= 15 is 4.39 Å². The van der Waals surface area contributed by atoms with Crippen LogP contribution >= 0.6 is 0 Å². The van der Waals surface area contributed by atoms with Gasteiger partial charge in [-0.15, -0.1) is 5.10 Å². The Morgan fingerprint density at radius 3 is 2.68 bits per heavy atom. The summed E-state index contributed by atoms with van der Waals surface area (Å²) >= 11 is 0. The highest BCUT2D eigenvalue weighted by atomic mass is 19.1. The van der Waals surface area contributed by atoms with Crippen LogP contribution in [-0.2, 0) is 0 Å². The van der Waals surface area contributed by atoms with E-state index in [1.165, 1.54) is 6.20 Å². The number of nitrogen functional groups attached to an aromatic ring is 1. The van der Waals surface area contributed by atoms with E-state index in [2.05, 4.69) is 37.2 Å². The van der Waals surface area contributed by atoms with E-state index < -0.39 is 23.8 Å². The lowest BCUT2D eigenvalue weighted by atomic mass is 9.93. The Hall–Kier alpha value is -3.42. The Morgan fingerprint density at radius 2 is 1.97 bits per heavy atom. The minimum atomic E-state index is -0.653. The highest BCUT2D eigenvalue weighted by Gasteiger charge is 2.45. The van der Waals surface area contributed by atoms with Crippen LogP contribution in [0.3, 0.4) is 0 Å². The van der Waals surface area contributed by atoms with Crippen LogP contribution in [-0.4, -0.2) is 91.9 Å². The number of piperidine rings is 1. The van der Waals surface area contributed by atoms with Gasteiger partial charge in [0.1, 0.15) is 17.5 Å². The maximum absolute atomic E-state index is 15.0. The number of nitrogens with two attached hydrogens (primary N) is 1. The summed E-state index contributed by atoms with van der Waals surface area (Å²) in [6.07, 6.45) is 6.48. The minimum absolute atomic E-state index is 0.0393. The Balaban J connectivity index is 1.17. The second kappa shape index (κ2) is 9.15. The average Bonchev–Trinajstić information content (AvgIpc) is 3.54. The molecular weight excluding hydrogens is 484 g/mol. The van der Waals surface area contributed by atoms with Gasteiger partial charge < -0.3 is 26.0 Å². The lowest BCUT2D eigenvalue weighted by Crippen LogP contribution is -2.53. The van der Waals surface area contributed by atoms with Crippen LogP contribution in [0.2, 0.25) is 0 Å². The van der Waals surface area contributed by atoms with Crippen molar-refractivity contribution in [2.75, 3.05) is 49.2 Å². The first-order chi connectivity index (χ1) is 17.8. The molecule has 0 aromatic carbocycles. The number of pyridine rings is 1. The van der Waals surface area contributed by atoms with Crippen LogP contribution in [0.15, 0.2) is 24.8 Å². The molecule has 1 amide bonds. The molecule has 3 fully saturated rings. The largest absolute Gasteiger partial charge is 0.381 e. The summed E-state index contributed by atoms with van der Waals surface area (Å²) in [5.74, 6) is -1.88. The van der Waals surface area contributed by atoms with E-state index in [1.807, 2.05) is 4.90 Å². The van der Waals surface area contributed by atoms with Crippen molar-refractivity contribution in [1.82, 2.24) is 29.4 Å². The van der Waals surface area contributed by atoms with Gasteiger partial charge in [-0.2, -0.15) is 0 Å². The molecule has 4 N–H and O–H groups in total. The number of halogens is 2. The number of carbonyl (C=O) groups is 1. The van der Waals surface area contributed by atoms with E-state index in [9.17, 15) is 14.3 Å². The molecule has 3 aromatic heterocycles. The summed E-state index contributed by atoms with van der Waals surface area (Å²) in [4.78, 5) is 27.4. The molecule has 3 aliphatic rings. The number of amides is 1. The summed E-state index contributed by atoms with van der Waals surface area (Å²) in [7, 11) is 2.13. The molecule has 3 unspecified atom stereocenters. The van der Waals surface area contributed by atoms with Gasteiger partial charge in [-0.25, -0.2) is 18.3 Å². The third-order valence-corrected chi connectivity index (χ3v) is 7.99. The Morgan fingerprint density at radius 1 is 1.19 bits per heavy atom. The maximum Gasteiger partial charge on any atom is 0.263 e. The maximum atomic E-state index is 15.0. The highest BCUT2D eigenvalue weighted by molar-refractivity contribution is 6.12. The standard InChI is InChI=1S/C24H29F2N9O2/c1-32-11-16-6-15(32)12-34(16)24(37)13-2-4-33(5-3-13)20-17(26)8-28-9-18(20)30-23(36)19-21(27)31-35-10-14(25)7-29-22(19)35/h7-10,13,15-16,24,37H,2-6,11-12H2,1H3,(H2,27,31)(H,30,36). The van der Waals surface area contributed by atoms with E-state index in [4.69, 9.17) is 5.73 Å². The van der Waals surface area contributed by atoms with Gasteiger partial charge >= 0.3 is 0 Å². The van der Waals surface area contributed by atoms with E-state index in [1.54, 1.807) is 0 Å². The number of anilines is 3. The van der Waals surface area contributed by atoms with Crippen LogP contribution in [0.25, 0.3) is 5.65 Å². The number of hydrogen-bond donors (Lipinski definition) is 3. The van der Waals surface area contributed by atoms with Gasteiger partial charge in [0, 0.05) is 44.2 Å². The number of hydrogen-bond acceptors (Lipinski definition) is 9. The van der Waals surface area contributed by atoms with Crippen LogP contribution in [0, 0.1) is 17.6 Å². The molecule has 37 heavy (non-hydrogen) atoms. The summed E-state index contributed by atoms with van der Waals surface area (Å²) in [5, 5.41) is 17.7. The molecule has 6 heterocycles. The number of piperazine rings is 1. The van der Waals surface area contributed by atoms with Gasteiger partial charge in [0.15, 0.2) is 23.1 Å². The monoisotopic (exact) mass is 513 g/mol. The quantitative estimate of drug-likeness (QED) is 0.460. The second-order valence-electron chi connectivity index (χ2n) is 10.2. The lowest BCUT2D eigenvalue weighted by molar-refractivity contribution is -0.0689. The molecule has 11 nitrogen and oxygen atoms in total. The predicted octanol–water partition coefficient (Wildman–Crippen LogP) is 1.16. The molecule has 3 aliphatic heterocycles. The summed E-state index contributed by atoms with van der Waals surface area (Å²) in [6.45, 7) is 2.90. The van der Waals surface area contributed by atoms with Gasteiger partial charge in [-0.3, -0.25) is 14.7 Å².